The van der Waals surface area contributed by atoms with Crippen LogP contribution in [0.15, 0.2) is 18.3 Å². The summed E-state index contributed by atoms with van der Waals surface area (Å²) in [6.07, 6.45) is 3.25. The van der Waals surface area contributed by atoms with E-state index in [4.69, 9.17) is 15.9 Å². The van der Waals surface area contributed by atoms with Crippen molar-refractivity contribution in [2.45, 2.75) is 39.7 Å². The molecule has 0 bridgehead atoms. The molecule has 0 spiro atoms. The average Bonchev–Trinajstić information content (AvgIpc) is 2.37. The standard InChI is InChI=1S/C14H24N4O/c1-4-10-19-12-6-5-8-17-14(12)18(11(2)3)9-7-13(15)16/h5-6,8,11H,4,7,9-10H2,1-3H3,(H3,15,16). The third-order valence-electron chi connectivity index (χ3n) is 2.73. The van der Waals surface area contributed by atoms with Crippen molar-refractivity contribution in [1.29, 1.82) is 5.41 Å². The first-order chi connectivity index (χ1) is 9.06. The summed E-state index contributed by atoms with van der Waals surface area (Å²) < 4.78 is 5.74. The Balaban J connectivity index is 2.91. The number of rotatable bonds is 8. The van der Waals surface area contributed by atoms with Crippen molar-refractivity contribution in [1.82, 2.24) is 4.98 Å². The minimum Gasteiger partial charge on any atom is -0.490 e. The predicted molar refractivity (Wildman–Crippen MR) is 79.0 cm³/mol. The monoisotopic (exact) mass is 264 g/mol. The van der Waals surface area contributed by atoms with Crippen molar-refractivity contribution in [3.63, 3.8) is 0 Å². The van der Waals surface area contributed by atoms with Crippen LogP contribution in [0.5, 0.6) is 5.75 Å². The number of pyridine rings is 1. The summed E-state index contributed by atoms with van der Waals surface area (Å²) in [6, 6.07) is 4.08. The summed E-state index contributed by atoms with van der Waals surface area (Å²) in [4.78, 5) is 6.54. The number of nitrogens with two attached hydrogens (primary N) is 1. The molecule has 0 radical (unpaired) electrons. The van der Waals surface area contributed by atoms with E-state index in [1.807, 2.05) is 12.1 Å². The quantitative estimate of drug-likeness (QED) is 0.558. The van der Waals surface area contributed by atoms with Crippen molar-refractivity contribution in [3.05, 3.63) is 18.3 Å². The first-order valence-electron chi connectivity index (χ1n) is 6.73. The lowest BCUT2D eigenvalue weighted by atomic mass is 10.2. The first kappa shape index (κ1) is 15.3. The highest BCUT2D eigenvalue weighted by molar-refractivity contribution is 5.77. The second-order valence-electron chi connectivity index (χ2n) is 4.74. The molecule has 0 saturated heterocycles. The molecule has 5 heteroatoms. The lowest BCUT2D eigenvalue weighted by molar-refractivity contribution is 0.316. The van der Waals surface area contributed by atoms with E-state index in [0.717, 1.165) is 18.0 Å². The van der Waals surface area contributed by atoms with Crippen molar-refractivity contribution in [3.8, 4) is 5.75 Å². The van der Waals surface area contributed by atoms with Gasteiger partial charge in [0.25, 0.3) is 0 Å². The fourth-order valence-corrected chi connectivity index (χ4v) is 1.77. The molecule has 1 rings (SSSR count). The highest BCUT2D eigenvalue weighted by Gasteiger charge is 2.16. The molecule has 0 fully saturated rings. The molecule has 5 nitrogen and oxygen atoms in total. The number of ether oxygens (including phenoxy) is 1. The zero-order valence-electron chi connectivity index (χ0n) is 12.0. The van der Waals surface area contributed by atoms with Gasteiger partial charge in [-0.3, -0.25) is 5.41 Å². The minimum absolute atomic E-state index is 0.192. The van der Waals surface area contributed by atoms with E-state index in [2.05, 4.69) is 30.7 Å². The van der Waals surface area contributed by atoms with Crippen LogP contribution in [0.3, 0.4) is 0 Å². The lowest BCUT2D eigenvalue weighted by Crippen LogP contribution is -2.34. The number of nitrogens with zero attached hydrogens (tertiary/aromatic N) is 2. The zero-order valence-corrected chi connectivity index (χ0v) is 12.0. The Morgan fingerprint density at radius 3 is 2.84 bits per heavy atom. The molecule has 0 aliphatic rings. The molecule has 1 heterocycles. The molecular formula is C14H24N4O. The summed E-state index contributed by atoms with van der Waals surface area (Å²) in [6.45, 7) is 7.62. The van der Waals surface area contributed by atoms with Crippen molar-refractivity contribution < 1.29 is 4.74 Å². The molecule has 3 N–H and O–H groups in total. The first-order valence-corrected chi connectivity index (χ1v) is 6.73. The van der Waals surface area contributed by atoms with Crippen LogP contribution in [0.4, 0.5) is 5.82 Å². The minimum atomic E-state index is 0.192. The Hall–Kier alpha value is -1.78. The Labute approximate surface area is 115 Å². The van der Waals surface area contributed by atoms with Crippen LogP contribution >= 0.6 is 0 Å². The van der Waals surface area contributed by atoms with Crippen LogP contribution in [0.2, 0.25) is 0 Å². The topological polar surface area (TPSA) is 75.2 Å². The van der Waals surface area contributed by atoms with Crippen molar-refractivity contribution in [2.24, 2.45) is 5.73 Å². The summed E-state index contributed by atoms with van der Waals surface area (Å²) in [5, 5.41) is 7.36. The SMILES string of the molecule is CCCOc1cccnc1N(CCC(=N)N)C(C)C. The van der Waals surface area contributed by atoms with Crippen molar-refractivity contribution in [2.75, 3.05) is 18.1 Å². The van der Waals surface area contributed by atoms with Gasteiger partial charge in [0, 0.05) is 25.2 Å². The fraction of sp³-hybridized carbons (Fsp3) is 0.571. The molecular weight excluding hydrogens is 240 g/mol. The van der Waals surface area contributed by atoms with Gasteiger partial charge in [-0.05, 0) is 32.4 Å². The van der Waals surface area contributed by atoms with E-state index >= 15 is 0 Å². The molecule has 1 aromatic rings. The van der Waals surface area contributed by atoms with E-state index in [1.54, 1.807) is 6.20 Å². The Morgan fingerprint density at radius 1 is 1.53 bits per heavy atom. The number of hydrogen-bond acceptors (Lipinski definition) is 4. The van der Waals surface area contributed by atoms with Crippen LogP contribution in [0.25, 0.3) is 0 Å². The molecule has 0 atom stereocenters. The average molecular weight is 264 g/mol. The second-order valence-corrected chi connectivity index (χ2v) is 4.74. The van der Waals surface area contributed by atoms with Gasteiger partial charge in [0.05, 0.1) is 12.4 Å². The fourth-order valence-electron chi connectivity index (χ4n) is 1.77. The molecule has 0 aliphatic carbocycles. The second kappa shape index (κ2) is 7.61. The molecule has 0 unspecified atom stereocenters. The molecule has 106 valence electrons. The summed E-state index contributed by atoms with van der Waals surface area (Å²) in [5.41, 5.74) is 5.44. The smallest absolute Gasteiger partial charge is 0.171 e. The molecule has 0 saturated carbocycles. The van der Waals surface area contributed by atoms with Crippen LogP contribution in [-0.2, 0) is 0 Å². The van der Waals surface area contributed by atoms with Gasteiger partial charge in [0.2, 0.25) is 0 Å². The van der Waals surface area contributed by atoms with Gasteiger partial charge in [-0.1, -0.05) is 6.92 Å². The van der Waals surface area contributed by atoms with Crippen LogP contribution in [-0.4, -0.2) is 30.0 Å². The van der Waals surface area contributed by atoms with E-state index in [-0.39, 0.29) is 11.9 Å². The van der Waals surface area contributed by atoms with E-state index in [1.165, 1.54) is 0 Å². The van der Waals surface area contributed by atoms with E-state index < -0.39 is 0 Å². The molecule has 1 aromatic heterocycles. The normalized spacial score (nSPS) is 10.5. The molecule has 0 aliphatic heterocycles. The number of aromatic nitrogens is 1. The van der Waals surface area contributed by atoms with Gasteiger partial charge < -0.3 is 15.4 Å². The summed E-state index contributed by atoms with van der Waals surface area (Å²) in [5.74, 6) is 1.81. The number of amidine groups is 1. The van der Waals surface area contributed by atoms with E-state index in [0.29, 0.717) is 19.6 Å². The van der Waals surface area contributed by atoms with Crippen LogP contribution in [0.1, 0.15) is 33.6 Å². The predicted octanol–water partition coefficient (Wildman–Crippen LogP) is 2.41. The maximum Gasteiger partial charge on any atom is 0.171 e. The Kier molecular flexibility index (Phi) is 6.12. The third kappa shape index (κ3) is 4.77. The maximum absolute atomic E-state index is 7.36. The van der Waals surface area contributed by atoms with Crippen LogP contribution in [0, 0.1) is 5.41 Å². The van der Waals surface area contributed by atoms with Gasteiger partial charge in [0.15, 0.2) is 11.6 Å². The van der Waals surface area contributed by atoms with Crippen molar-refractivity contribution >= 4 is 11.7 Å². The number of nitrogens with one attached hydrogen (secondary N) is 1. The highest BCUT2D eigenvalue weighted by Crippen LogP contribution is 2.27. The number of hydrogen-bond donors (Lipinski definition) is 2. The number of anilines is 1. The molecule has 0 amide bonds. The van der Waals surface area contributed by atoms with Gasteiger partial charge >= 0.3 is 0 Å². The van der Waals surface area contributed by atoms with Crippen LogP contribution < -0.4 is 15.4 Å². The molecule has 19 heavy (non-hydrogen) atoms. The van der Waals surface area contributed by atoms with Gasteiger partial charge in [0.1, 0.15) is 0 Å². The Bertz CT molecular complexity index is 406. The van der Waals surface area contributed by atoms with Gasteiger partial charge in [-0.15, -0.1) is 0 Å². The van der Waals surface area contributed by atoms with Gasteiger partial charge in [-0.25, -0.2) is 4.98 Å². The third-order valence-corrected chi connectivity index (χ3v) is 2.73. The van der Waals surface area contributed by atoms with Gasteiger partial charge in [-0.2, -0.15) is 0 Å². The lowest BCUT2D eigenvalue weighted by Gasteiger charge is -2.29. The largest absolute Gasteiger partial charge is 0.490 e. The molecule has 0 aromatic carbocycles. The summed E-state index contributed by atoms with van der Waals surface area (Å²) >= 11 is 0. The maximum atomic E-state index is 7.36. The van der Waals surface area contributed by atoms with E-state index in [9.17, 15) is 0 Å². The highest BCUT2D eigenvalue weighted by atomic mass is 16.5. The Morgan fingerprint density at radius 2 is 2.26 bits per heavy atom. The zero-order chi connectivity index (χ0) is 14.3. The summed E-state index contributed by atoms with van der Waals surface area (Å²) in [7, 11) is 0.